The number of anilines is 1. The lowest BCUT2D eigenvalue weighted by Crippen LogP contribution is -2.36. The van der Waals surface area contributed by atoms with Crippen molar-refractivity contribution in [3.63, 3.8) is 0 Å². The van der Waals surface area contributed by atoms with E-state index in [0.29, 0.717) is 22.3 Å². The SMILES string of the molecule is CN1CCC(C(=O)Nc2n[nH]c3ccc(-c4ccc(F)cc4F)cc23)CC1.Cl. The highest BCUT2D eigenvalue weighted by Gasteiger charge is 2.24. The van der Waals surface area contributed by atoms with Crippen LogP contribution in [0.1, 0.15) is 12.8 Å². The third kappa shape index (κ3) is 4.00. The second kappa shape index (κ2) is 8.24. The van der Waals surface area contributed by atoms with Crippen LogP contribution in [0.2, 0.25) is 0 Å². The second-order valence-corrected chi connectivity index (χ2v) is 7.02. The summed E-state index contributed by atoms with van der Waals surface area (Å²) in [5.41, 5.74) is 1.63. The van der Waals surface area contributed by atoms with Crippen molar-refractivity contribution in [3.05, 3.63) is 48.0 Å². The van der Waals surface area contributed by atoms with Gasteiger partial charge >= 0.3 is 0 Å². The number of H-pyrrole nitrogens is 1. The molecular formula is C20H21ClF2N4O. The number of benzene rings is 2. The molecule has 1 aliphatic heterocycles. The van der Waals surface area contributed by atoms with Gasteiger partial charge in [-0.1, -0.05) is 6.07 Å². The third-order valence-electron chi connectivity index (χ3n) is 5.14. The van der Waals surface area contributed by atoms with Crippen molar-refractivity contribution in [2.45, 2.75) is 12.8 Å². The molecule has 148 valence electrons. The van der Waals surface area contributed by atoms with Crippen LogP contribution in [0.4, 0.5) is 14.6 Å². The predicted molar refractivity (Wildman–Crippen MR) is 108 cm³/mol. The quantitative estimate of drug-likeness (QED) is 0.685. The fourth-order valence-electron chi connectivity index (χ4n) is 3.49. The Bertz CT molecular complexity index is 999. The number of rotatable bonds is 3. The van der Waals surface area contributed by atoms with Crippen LogP contribution in [-0.2, 0) is 4.79 Å². The van der Waals surface area contributed by atoms with E-state index in [0.717, 1.165) is 37.5 Å². The number of amides is 1. The van der Waals surface area contributed by atoms with Gasteiger partial charge in [-0.05, 0) is 62.8 Å². The molecule has 5 nitrogen and oxygen atoms in total. The first-order valence-electron chi connectivity index (χ1n) is 8.94. The zero-order chi connectivity index (χ0) is 19.0. The number of aromatic amines is 1. The van der Waals surface area contributed by atoms with Gasteiger partial charge in [-0.2, -0.15) is 5.10 Å². The molecule has 0 radical (unpaired) electrons. The molecule has 0 bridgehead atoms. The van der Waals surface area contributed by atoms with Gasteiger partial charge in [-0.25, -0.2) is 8.78 Å². The topological polar surface area (TPSA) is 61.0 Å². The van der Waals surface area contributed by atoms with Crippen LogP contribution in [0, 0.1) is 17.6 Å². The average Bonchev–Trinajstić information content (AvgIpc) is 3.04. The maximum atomic E-state index is 14.1. The van der Waals surface area contributed by atoms with Gasteiger partial charge in [0, 0.05) is 22.9 Å². The summed E-state index contributed by atoms with van der Waals surface area (Å²) in [6.07, 6.45) is 1.63. The molecule has 2 N–H and O–H groups in total. The van der Waals surface area contributed by atoms with E-state index in [1.54, 1.807) is 18.2 Å². The fraction of sp³-hybridized carbons (Fsp3) is 0.300. The van der Waals surface area contributed by atoms with Gasteiger partial charge in [-0.15, -0.1) is 12.4 Å². The Kier molecular flexibility index (Phi) is 5.96. The monoisotopic (exact) mass is 406 g/mol. The summed E-state index contributed by atoms with van der Waals surface area (Å²) in [6, 6.07) is 8.74. The summed E-state index contributed by atoms with van der Waals surface area (Å²) in [5.74, 6) is -0.902. The van der Waals surface area contributed by atoms with Crippen LogP contribution in [0.5, 0.6) is 0 Å². The third-order valence-corrected chi connectivity index (χ3v) is 5.14. The molecule has 0 saturated carbocycles. The Hall–Kier alpha value is -2.51. The summed E-state index contributed by atoms with van der Waals surface area (Å²) in [6.45, 7) is 1.79. The highest BCUT2D eigenvalue weighted by atomic mass is 35.5. The molecule has 0 spiro atoms. The number of piperidine rings is 1. The lowest BCUT2D eigenvalue weighted by molar-refractivity contribution is -0.121. The Labute approximate surface area is 167 Å². The van der Waals surface area contributed by atoms with E-state index in [9.17, 15) is 13.6 Å². The van der Waals surface area contributed by atoms with Gasteiger partial charge in [0.2, 0.25) is 5.91 Å². The number of carbonyl (C=O) groups is 1. The van der Waals surface area contributed by atoms with Gasteiger partial charge in [0.15, 0.2) is 5.82 Å². The first-order chi connectivity index (χ1) is 13.0. The second-order valence-electron chi connectivity index (χ2n) is 7.02. The molecule has 1 amide bonds. The largest absolute Gasteiger partial charge is 0.308 e. The van der Waals surface area contributed by atoms with Crippen molar-refractivity contribution < 1.29 is 13.6 Å². The molecule has 3 aromatic rings. The average molecular weight is 407 g/mol. The van der Waals surface area contributed by atoms with Crippen molar-refractivity contribution in [2.24, 2.45) is 5.92 Å². The highest BCUT2D eigenvalue weighted by molar-refractivity contribution is 6.01. The van der Waals surface area contributed by atoms with Crippen LogP contribution in [0.15, 0.2) is 36.4 Å². The van der Waals surface area contributed by atoms with Crippen molar-refractivity contribution >= 4 is 35.0 Å². The number of hydrogen-bond donors (Lipinski definition) is 2. The van der Waals surface area contributed by atoms with Crippen molar-refractivity contribution in [1.82, 2.24) is 15.1 Å². The molecular weight excluding hydrogens is 386 g/mol. The van der Waals surface area contributed by atoms with Crippen LogP contribution >= 0.6 is 12.4 Å². The molecule has 0 unspecified atom stereocenters. The highest BCUT2D eigenvalue weighted by Crippen LogP contribution is 2.30. The maximum Gasteiger partial charge on any atom is 0.228 e. The molecule has 1 saturated heterocycles. The molecule has 1 aromatic heterocycles. The summed E-state index contributed by atoms with van der Waals surface area (Å²) in [7, 11) is 2.05. The van der Waals surface area contributed by atoms with Gasteiger partial charge in [0.05, 0.1) is 5.52 Å². The molecule has 8 heteroatoms. The lowest BCUT2D eigenvalue weighted by atomic mass is 9.96. The van der Waals surface area contributed by atoms with Crippen molar-refractivity contribution in [1.29, 1.82) is 0 Å². The van der Waals surface area contributed by atoms with Gasteiger partial charge < -0.3 is 10.2 Å². The number of aromatic nitrogens is 2. The molecule has 0 aliphatic carbocycles. The van der Waals surface area contributed by atoms with E-state index in [-0.39, 0.29) is 24.2 Å². The minimum atomic E-state index is -0.630. The number of carbonyl (C=O) groups excluding carboxylic acids is 1. The Morgan fingerprint density at radius 3 is 2.64 bits per heavy atom. The molecule has 28 heavy (non-hydrogen) atoms. The van der Waals surface area contributed by atoms with Crippen molar-refractivity contribution in [3.8, 4) is 11.1 Å². The van der Waals surface area contributed by atoms with E-state index >= 15 is 0 Å². The van der Waals surface area contributed by atoms with E-state index in [2.05, 4.69) is 20.4 Å². The van der Waals surface area contributed by atoms with E-state index in [1.807, 2.05) is 7.05 Å². The minimum absolute atomic E-state index is 0. The zero-order valence-corrected chi connectivity index (χ0v) is 16.2. The van der Waals surface area contributed by atoms with E-state index in [1.165, 1.54) is 12.1 Å². The summed E-state index contributed by atoms with van der Waals surface area (Å²) >= 11 is 0. The minimum Gasteiger partial charge on any atom is -0.308 e. The Morgan fingerprint density at radius 2 is 1.93 bits per heavy atom. The van der Waals surface area contributed by atoms with Gasteiger partial charge in [0.25, 0.3) is 0 Å². The van der Waals surface area contributed by atoms with Crippen LogP contribution in [0.3, 0.4) is 0 Å². The molecule has 1 aliphatic rings. The predicted octanol–water partition coefficient (Wildman–Crippen LogP) is 4.21. The molecule has 0 atom stereocenters. The zero-order valence-electron chi connectivity index (χ0n) is 15.3. The first kappa shape index (κ1) is 20.2. The summed E-state index contributed by atoms with van der Waals surface area (Å²) in [4.78, 5) is 14.8. The number of nitrogens with zero attached hydrogens (tertiary/aromatic N) is 2. The van der Waals surface area contributed by atoms with Crippen LogP contribution in [-0.4, -0.2) is 41.1 Å². The van der Waals surface area contributed by atoms with E-state index < -0.39 is 11.6 Å². The van der Waals surface area contributed by atoms with Gasteiger partial charge in [-0.3, -0.25) is 9.89 Å². The molecule has 4 rings (SSSR count). The molecule has 2 aromatic carbocycles. The fourth-order valence-corrected chi connectivity index (χ4v) is 3.49. The number of hydrogen-bond acceptors (Lipinski definition) is 3. The lowest BCUT2D eigenvalue weighted by Gasteiger charge is -2.27. The smallest absolute Gasteiger partial charge is 0.228 e. The van der Waals surface area contributed by atoms with Crippen LogP contribution in [0.25, 0.3) is 22.0 Å². The summed E-state index contributed by atoms with van der Waals surface area (Å²) in [5, 5.41) is 10.7. The standard InChI is InChI=1S/C20H20F2N4O.ClH/c1-26-8-6-12(7-9-26)20(27)23-19-16-10-13(2-5-18(16)24-25-19)15-4-3-14(21)11-17(15)22;/h2-5,10-12H,6-9H2,1H3,(H2,23,24,25,27);1H. The Balaban J connectivity index is 0.00000225. The van der Waals surface area contributed by atoms with Crippen LogP contribution < -0.4 is 5.32 Å². The first-order valence-corrected chi connectivity index (χ1v) is 8.94. The summed E-state index contributed by atoms with van der Waals surface area (Å²) < 4.78 is 27.3. The number of likely N-dealkylation sites (tertiary alicyclic amines) is 1. The number of nitrogens with one attached hydrogen (secondary N) is 2. The van der Waals surface area contributed by atoms with E-state index in [4.69, 9.17) is 0 Å². The van der Waals surface area contributed by atoms with Crippen molar-refractivity contribution in [2.75, 3.05) is 25.5 Å². The molecule has 1 fully saturated rings. The Morgan fingerprint density at radius 1 is 1.18 bits per heavy atom. The molecule has 2 heterocycles. The maximum absolute atomic E-state index is 14.1. The van der Waals surface area contributed by atoms with Gasteiger partial charge in [0.1, 0.15) is 11.6 Å². The number of halogens is 3. The normalized spacial score (nSPS) is 15.4. The number of fused-ring (bicyclic) bond motifs is 1.